The normalized spacial score (nSPS) is 18.1. The number of halogens is 1. The highest BCUT2D eigenvalue weighted by Crippen LogP contribution is 2.42. The van der Waals surface area contributed by atoms with Gasteiger partial charge in [-0.25, -0.2) is 0 Å². The zero-order valence-electron chi connectivity index (χ0n) is 12.2. The summed E-state index contributed by atoms with van der Waals surface area (Å²) in [5, 5.41) is 3.70. The van der Waals surface area contributed by atoms with Crippen molar-refractivity contribution in [1.29, 1.82) is 0 Å². The average Bonchev–Trinajstić information content (AvgIpc) is 2.79. The third-order valence-electron chi connectivity index (χ3n) is 4.28. The molecule has 0 aliphatic heterocycles. The Morgan fingerprint density at radius 3 is 2.53 bits per heavy atom. The van der Waals surface area contributed by atoms with E-state index >= 15 is 0 Å². The Kier molecular flexibility index (Phi) is 5.47. The number of hydrogen-bond donors (Lipinski definition) is 1. The van der Waals surface area contributed by atoms with Crippen LogP contribution >= 0.6 is 15.9 Å². The van der Waals surface area contributed by atoms with E-state index in [9.17, 15) is 0 Å². The standard InChI is InChI=1S/C17H26BrN/c1-14(2)11-17(9-5-6-10-17)13-19-12-15-7-3-4-8-16(15)18/h3-4,7-8,14,19H,5-6,9-13H2,1-2H3. The van der Waals surface area contributed by atoms with Crippen LogP contribution in [0.4, 0.5) is 0 Å². The lowest BCUT2D eigenvalue weighted by molar-refractivity contribution is 0.223. The summed E-state index contributed by atoms with van der Waals surface area (Å²) >= 11 is 3.62. The van der Waals surface area contributed by atoms with Crippen LogP contribution in [0.15, 0.2) is 28.7 Å². The first-order valence-electron chi connectivity index (χ1n) is 7.55. The molecule has 0 amide bonds. The predicted octanol–water partition coefficient (Wildman–Crippen LogP) is 5.15. The number of nitrogens with one attached hydrogen (secondary N) is 1. The quantitative estimate of drug-likeness (QED) is 0.763. The molecule has 1 N–H and O–H groups in total. The minimum atomic E-state index is 0.565. The molecule has 1 aliphatic carbocycles. The Balaban J connectivity index is 1.88. The molecule has 106 valence electrons. The molecule has 0 heterocycles. The van der Waals surface area contributed by atoms with Gasteiger partial charge in [0.1, 0.15) is 0 Å². The molecule has 1 fully saturated rings. The lowest BCUT2D eigenvalue weighted by Crippen LogP contribution is -2.33. The highest BCUT2D eigenvalue weighted by Gasteiger charge is 2.33. The predicted molar refractivity (Wildman–Crippen MR) is 86.2 cm³/mol. The zero-order valence-corrected chi connectivity index (χ0v) is 13.8. The SMILES string of the molecule is CC(C)CC1(CNCc2ccccc2Br)CCCC1. The van der Waals surface area contributed by atoms with E-state index in [0.717, 1.165) is 12.5 Å². The van der Waals surface area contributed by atoms with E-state index in [0.29, 0.717) is 5.41 Å². The first-order chi connectivity index (χ1) is 9.11. The molecule has 0 atom stereocenters. The molecule has 1 saturated carbocycles. The summed E-state index contributed by atoms with van der Waals surface area (Å²) in [6, 6.07) is 8.50. The molecule has 19 heavy (non-hydrogen) atoms. The fourth-order valence-corrected chi connectivity index (χ4v) is 3.97. The summed E-state index contributed by atoms with van der Waals surface area (Å²) < 4.78 is 1.21. The van der Waals surface area contributed by atoms with Crippen LogP contribution in [0.25, 0.3) is 0 Å². The van der Waals surface area contributed by atoms with Gasteiger partial charge < -0.3 is 5.32 Å². The van der Waals surface area contributed by atoms with Gasteiger partial charge >= 0.3 is 0 Å². The van der Waals surface area contributed by atoms with Crippen molar-refractivity contribution in [3.8, 4) is 0 Å². The molecule has 0 spiro atoms. The lowest BCUT2D eigenvalue weighted by Gasteiger charge is -2.31. The van der Waals surface area contributed by atoms with E-state index in [2.05, 4.69) is 59.4 Å². The van der Waals surface area contributed by atoms with Crippen LogP contribution in [0, 0.1) is 11.3 Å². The first kappa shape index (κ1) is 15.1. The van der Waals surface area contributed by atoms with Crippen molar-refractivity contribution in [3.05, 3.63) is 34.3 Å². The second-order valence-electron chi connectivity index (χ2n) is 6.50. The Bertz CT molecular complexity index is 394. The second kappa shape index (κ2) is 6.90. The Morgan fingerprint density at radius 1 is 1.21 bits per heavy atom. The van der Waals surface area contributed by atoms with Gasteiger partial charge in [0.25, 0.3) is 0 Å². The van der Waals surface area contributed by atoms with Crippen LogP contribution in [0.1, 0.15) is 51.5 Å². The average molecular weight is 324 g/mol. The van der Waals surface area contributed by atoms with Gasteiger partial charge in [0.05, 0.1) is 0 Å². The molecule has 2 rings (SSSR count). The maximum absolute atomic E-state index is 3.70. The molecule has 1 aromatic rings. The topological polar surface area (TPSA) is 12.0 Å². The summed E-state index contributed by atoms with van der Waals surface area (Å²) in [7, 11) is 0. The smallest absolute Gasteiger partial charge is 0.0220 e. The molecule has 0 bridgehead atoms. The van der Waals surface area contributed by atoms with E-state index < -0.39 is 0 Å². The van der Waals surface area contributed by atoms with E-state index in [1.807, 2.05) is 0 Å². The van der Waals surface area contributed by atoms with Gasteiger partial charge in [0, 0.05) is 17.6 Å². The molecule has 2 heteroatoms. The Labute approximate surface area is 126 Å². The van der Waals surface area contributed by atoms with E-state index in [1.54, 1.807) is 0 Å². The molecule has 1 aliphatic rings. The van der Waals surface area contributed by atoms with Gasteiger partial charge in [-0.2, -0.15) is 0 Å². The van der Waals surface area contributed by atoms with Crippen LogP contribution in [0.3, 0.4) is 0 Å². The zero-order chi connectivity index (χ0) is 13.7. The van der Waals surface area contributed by atoms with Gasteiger partial charge in [0.2, 0.25) is 0 Å². The van der Waals surface area contributed by atoms with Crippen LogP contribution in [-0.4, -0.2) is 6.54 Å². The third-order valence-corrected chi connectivity index (χ3v) is 5.05. The molecule has 1 aromatic carbocycles. The summed E-state index contributed by atoms with van der Waals surface area (Å²) in [5.74, 6) is 0.809. The summed E-state index contributed by atoms with van der Waals surface area (Å²) in [4.78, 5) is 0. The van der Waals surface area contributed by atoms with Crippen molar-refractivity contribution in [2.45, 2.75) is 52.5 Å². The van der Waals surface area contributed by atoms with E-state index in [-0.39, 0.29) is 0 Å². The Hall–Kier alpha value is -0.340. The van der Waals surface area contributed by atoms with Crippen molar-refractivity contribution >= 4 is 15.9 Å². The van der Waals surface area contributed by atoms with Crippen molar-refractivity contribution in [2.75, 3.05) is 6.54 Å². The van der Waals surface area contributed by atoms with Gasteiger partial charge in [-0.3, -0.25) is 0 Å². The molecule has 0 saturated heterocycles. The monoisotopic (exact) mass is 323 g/mol. The number of benzene rings is 1. The third kappa shape index (κ3) is 4.32. The fourth-order valence-electron chi connectivity index (χ4n) is 3.55. The molecule has 0 unspecified atom stereocenters. The minimum absolute atomic E-state index is 0.565. The highest BCUT2D eigenvalue weighted by atomic mass is 79.9. The maximum Gasteiger partial charge on any atom is 0.0220 e. The summed E-state index contributed by atoms with van der Waals surface area (Å²) in [5.41, 5.74) is 1.93. The van der Waals surface area contributed by atoms with Gasteiger partial charge in [-0.15, -0.1) is 0 Å². The lowest BCUT2D eigenvalue weighted by atomic mass is 9.78. The van der Waals surface area contributed by atoms with Crippen LogP contribution in [0.5, 0.6) is 0 Å². The van der Waals surface area contributed by atoms with Crippen molar-refractivity contribution in [1.82, 2.24) is 5.32 Å². The van der Waals surface area contributed by atoms with E-state index in [1.165, 1.54) is 48.7 Å². The fraction of sp³-hybridized carbons (Fsp3) is 0.647. The molecule has 0 aromatic heterocycles. The van der Waals surface area contributed by atoms with Crippen LogP contribution in [0.2, 0.25) is 0 Å². The van der Waals surface area contributed by atoms with Crippen LogP contribution in [-0.2, 0) is 6.54 Å². The minimum Gasteiger partial charge on any atom is -0.312 e. The second-order valence-corrected chi connectivity index (χ2v) is 7.35. The largest absolute Gasteiger partial charge is 0.312 e. The Morgan fingerprint density at radius 2 is 1.89 bits per heavy atom. The molecular weight excluding hydrogens is 298 g/mol. The van der Waals surface area contributed by atoms with Crippen molar-refractivity contribution < 1.29 is 0 Å². The van der Waals surface area contributed by atoms with Crippen molar-refractivity contribution in [3.63, 3.8) is 0 Å². The molecular formula is C17H26BrN. The van der Waals surface area contributed by atoms with Gasteiger partial charge in [-0.05, 0) is 42.2 Å². The highest BCUT2D eigenvalue weighted by molar-refractivity contribution is 9.10. The molecule has 1 nitrogen and oxygen atoms in total. The maximum atomic E-state index is 3.70. The summed E-state index contributed by atoms with van der Waals surface area (Å²) in [6.45, 7) is 6.86. The van der Waals surface area contributed by atoms with Gasteiger partial charge in [0.15, 0.2) is 0 Å². The van der Waals surface area contributed by atoms with Gasteiger partial charge in [-0.1, -0.05) is 60.8 Å². The number of rotatable bonds is 6. The van der Waals surface area contributed by atoms with Crippen molar-refractivity contribution in [2.24, 2.45) is 11.3 Å². The van der Waals surface area contributed by atoms with E-state index in [4.69, 9.17) is 0 Å². The first-order valence-corrected chi connectivity index (χ1v) is 8.35. The molecule has 0 radical (unpaired) electrons. The summed E-state index contributed by atoms with van der Waals surface area (Å²) in [6.07, 6.45) is 7.03. The number of hydrogen-bond acceptors (Lipinski definition) is 1. The van der Waals surface area contributed by atoms with Crippen LogP contribution < -0.4 is 5.32 Å².